The summed E-state index contributed by atoms with van der Waals surface area (Å²) in [7, 11) is 1.51. The molecule has 18 heavy (non-hydrogen) atoms. The van der Waals surface area contributed by atoms with E-state index < -0.39 is 11.6 Å². The molecule has 0 unspecified atom stereocenters. The van der Waals surface area contributed by atoms with Crippen LogP contribution in [0.3, 0.4) is 0 Å². The van der Waals surface area contributed by atoms with E-state index in [1.165, 1.54) is 19.2 Å². The van der Waals surface area contributed by atoms with Crippen LogP contribution in [0.4, 0.5) is 20.2 Å². The van der Waals surface area contributed by atoms with Crippen LogP contribution in [0.2, 0.25) is 5.02 Å². The topological polar surface area (TPSA) is 21.3 Å². The molecule has 0 radical (unpaired) electrons. The Bertz CT molecular complexity index is 575. The predicted octanol–water partition coefficient (Wildman–Crippen LogP) is 4.37. The quantitative estimate of drug-likeness (QED) is 0.893. The zero-order chi connectivity index (χ0) is 13.1. The smallest absolute Gasteiger partial charge is 0.149 e. The third-order valence-electron chi connectivity index (χ3n) is 2.36. The van der Waals surface area contributed by atoms with Gasteiger partial charge in [-0.1, -0.05) is 11.6 Å². The van der Waals surface area contributed by atoms with Crippen LogP contribution in [0.15, 0.2) is 36.4 Å². The third kappa shape index (κ3) is 2.71. The fourth-order valence-corrected chi connectivity index (χ4v) is 1.75. The summed E-state index contributed by atoms with van der Waals surface area (Å²) in [4.78, 5) is 0. The molecule has 2 aromatic rings. The molecular formula is C13H10ClF2NO. The van der Waals surface area contributed by atoms with Gasteiger partial charge in [0.15, 0.2) is 0 Å². The molecule has 0 fully saturated rings. The van der Waals surface area contributed by atoms with Crippen LogP contribution in [0, 0.1) is 11.6 Å². The summed E-state index contributed by atoms with van der Waals surface area (Å²) in [6.45, 7) is 0. The second-order valence-corrected chi connectivity index (χ2v) is 4.01. The first-order valence-corrected chi connectivity index (χ1v) is 5.53. The number of methoxy groups -OCH3 is 1. The van der Waals surface area contributed by atoms with E-state index in [9.17, 15) is 8.78 Å². The average Bonchev–Trinajstić information content (AvgIpc) is 2.33. The van der Waals surface area contributed by atoms with Crippen molar-refractivity contribution in [2.24, 2.45) is 0 Å². The number of hydrogen-bond donors (Lipinski definition) is 1. The maximum absolute atomic E-state index is 13.4. The first-order chi connectivity index (χ1) is 8.60. The fraction of sp³-hybridized carbons (Fsp3) is 0.0769. The Morgan fingerprint density at radius 3 is 2.50 bits per heavy atom. The van der Waals surface area contributed by atoms with Crippen molar-refractivity contribution in [3.63, 3.8) is 0 Å². The van der Waals surface area contributed by atoms with Crippen LogP contribution in [0.5, 0.6) is 5.75 Å². The number of rotatable bonds is 3. The summed E-state index contributed by atoms with van der Waals surface area (Å²) >= 11 is 5.94. The monoisotopic (exact) mass is 269 g/mol. The van der Waals surface area contributed by atoms with Crippen molar-refractivity contribution in [1.82, 2.24) is 0 Å². The second-order valence-electron chi connectivity index (χ2n) is 3.60. The number of hydrogen-bond acceptors (Lipinski definition) is 2. The summed E-state index contributed by atoms with van der Waals surface area (Å²) in [5.74, 6) is -0.755. The lowest BCUT2D eigenvalue weighted by Crippen LogP contribution is -1.95. The molecule has 1 N–H and O–H groups in total. The Hall–Kier alpha value is -1.81. The number of halogens is 3. The van der Waals surface area contributed by atoms with Gasteiger partial charge in [0.1, 0.15) is 17.4 Å². The standard InChI is InChI=1S/C13H10ClF2NO/c1-18-13-5-3-9(7-10(13)14)17-12-4-2-8(15)6-11(12)16/h2-7,17H,1H3. The molecule has 0 aliphatic heterocycles. The summed E-state index contributed by atoms with van der Waals surface area (Å²) in [6, 6.07) is 8.26. The van der Waals surface area contributed by atoms with Crippen molar-refractivity contribution in [3.05, 3.63) is 53.1 Å². The molecule has 0 atom stereocenters. The third-order valence-corrected chi connectivity index (χ3v) is 2.66. The molecule has 2 nitrogen and oxygen atoms in total. The second kappa shape index (κ2) is 5.23. The van der Waals surface area contributed by atoms with Gasteiger partial charge in [-0.05, 0) is 30.3 Å². The van der Waals surface area contributed by atoms with Crippen molar-refractivity contribution < 1.29 is 13.5 Å². The van der Waals surface area contributed by atoms with E-state index in [0.29, 0.717) is 16.5 Å². The van der Waals surface area contributed by atoms with E-state index in [1.807, 2.05) is 0 Å². The normalized spacial score (nSPS) is 10.2. The molecule has 2 aromatic carbocycles. The number of anilines is 2. The Morgan fingerprint density at radius 2 is 1.89 bits per heavy atom. The molecule has 2 rings (SSSR count). The molecule has 0 aromatic heterocycles. The van der Waals surface area contributed by atoms with Crippen molar-refractivity contribution in [3.8, 4) is 5.75 Å². The van der Waals surface area contributed by atoms with E-state index in [2.05, 4.69) is 5.32 Å². The number of ether oxygens (including phenoxy) is 1. The maximum atomic E-state index is 13.4. The van der Waals surface area contributed by atoms with Crippen LogP contribution < -0.4 is 10.1 Å². The fourth-order valence-electron chi connectivity index (χ4n) is 1.49. The minimum Gasteiger partial charge on any atom is -0.495 e. The zero-order valence-electron chi connectivity index (χ0n) is 9.51. The molecule has 0 spiro atoms. The molecule has 0 heterocycles. The molecule has 0 amide bonds. The zero-order valence-corrected chi connectivity index (χ0v) is 10.3. The Morgan fingerprint density at radius 1 is 1.11 bits per heavy atom. The van der Waals surface area contributed by atoms with Gasteiger partial charge in [-0.3, -0.25) is 0 Å². The lowest BCUT2D eigenvalue weighted by Gasteiger charge is -2.09. The molecule has 5 heteroatoms. The van der Waals surface area contributed by atoms with Gasteiger partial charge in [-0.15, -0.1) is 0 Å². The minimum absolute atomic E-state index is 0.178. The van der Waals surface area contributed by atoms with Crippen molar-refractivity contribution in [2.45, 2.75) is 0 Å². The van der Waals surface area contributed by atoms with Gasteiger partial charge in [0, 0.05) is 11.8 Å². The van der Waals surface area contributed by atoms with Gasteiger partial charge in [-0.2, -0.15) is 0 Å². The van der Waals surface area contributed by atoms with Crippen molar-refractivity contribution >= 4 is 23.0 Å². The molecule has 0 bridgehead atoms. The first kappa shape index (κ1) is 12.6. The van der Waals surface area contributed by atoms with E-state index in [1.54, 1.807) is 18.2 Å². The number of nitrogens with one attached hydrogen (secondary N) is 1. The van der Waals surface area contributed by atoms with Crippen LogP contribution in [0.25, 0.3) is 0 Å². The highest BCUT2D eigenvalue weighted by molar-refractivity contribution is 6.32. The highest BCUT2D eigenvalue weighted by Crippen LogP contribution is 2.29. The van der Waals surface area contributed by atoms with Gasteiger partial charge < -0.3 is 10.1 Å². The van der Waals surface area contributed by atoms with Gasteiger partial charge in [0.05, 0.1) is 17.8 Å². The van der Waals surface area contributed by atoms with E-state index in [-0.39, 0.29) is 5.69 Å². The summed E-state index contributed by atoms with van der Waals surface area (Å²) in [5, 5.41) is 3.22. The molecule has 0 saturated carbocycles. The van der Waals surface area contributed by atoms with E-state index in [0.717, 1.165) is 6.07 Å². The summed E-state index contributed by atoms with van der Waals surface area (Å²) in [5.41, 5.74) is 0.768. The minimum atomic E-state index is -0.665. The molecular weight excluding hydrogens is 260 g/mol. The Labute approximate surface area is 108 Å². The van der Waals surface area contributed by atoms with Crippen LogP contribution in [-0.4, -0.2) is 7.11 Å². The molecule has 0 saturated heterocycles. The summed E-state index contributed by atoms with van der Waals surface area (Å²) < 4.78 is 31.2. The van der Waals surface area contributed by atoms with Crippen LogP contribution in [-0.2, 0) is 0 Å². The Balaban J connectivity index is 2.26. The lowest BCUT2D eigenvalue weighted by molar-refractivity contribution is 0.415. The highest BCUT2D eigenvalue weighted by Gasteiger charge is 2.06. The van der Waals surface area contributed by atoms with Gasteiger partial charge in [-0.25, -0.2) is 8.78 Å². The van der Waals surface area contributed by atoms with Crippen LogP contribution in [0.1, 0.15) is 0 Å². The van der Waals surface area contributed by atoms with Crippen LogP contribution >= 0.6 is 11.6 Å². The molecule has 0 aliphatic rings. The summed E-state index contributed by atoms with van der Waals surface area (Å²) in [6.07, 6.45) is 0. The lowest BCUT2D eigenvalue weighted by atomic mass is 10.2. The van der Waals surface area contributed by atoms with Gasteiger partial charge in [0.25, 0.3) is 0 Å². The Kier molecular flexibility index (Phi) is 3.67. The van der Waals surface area contributed by atoms with E-state index in [4.69, 9.17) is 16.3 Å². The van der Waals surface area contributed by atoms with E-state index >= 15 is 0 Å². The van der Waals surface area contributed by atoms with Gasteiger partial charge >= 0.3 is 0 Å². The maximum Gasteiger partial charge on any atom is 0.149 e. The van der Waals surface area contributed by atoms with Crippen molar-refractivity contribution in [2.75, 3.05) is 12.4 Å². The highest BCUT2D eigenvalue weighted by atomic mass is 35.5. The average molecular weight is 270 g/mol. The van der Waals surface area contributed by atoms with Crippen molar-refractivity contribution in [1.29, 1.82) is 0 Å². The molecule has 0 aliphatic carbocycles. The SMILES string of the molecule is COc1ccc(Nc2ccc(F)cc2F)cc1Cl. The first-order valence-electron chi connectivity index (χ1n) is 5.16. The molecule has 94 valence electrons. The largest absolute Gasteiger partial charge is 0.495 e. The number of benzene rings is 2. The predicted molar refractivity (Wildman–Crippen MR) is 67.6 cm³/mol. The van der Waals surface area contributed by atoms with Gasteiger partial charge in [0.2, 0.25) is 0 Å².